The first-order chi connectivity index (χ1) is 14.8. The minimum Gasteiger partial charge on any atom is -0.494 e. The van der Waals surface area contributed by atoms with Gasteiger partial charge >= 0.3 is 0 Å². The van der Waals surface area contributed by atoms with Crippen molar-refractivity contribution in [3.05, 3.63) is 69.0 Å². The summed E-state index contributed by atoms with van der Waals surface area (Å²) in [5, 5.41) is 20.0. The lowest BCUT2D eigenvalue weighted by atomic mass is 10.2. The molecule has 1 aromatic heterocycles. The van der Waals surface area contributed by atoms with Crippen LogP contribution in [0.3, 0.4) is 0 Å². The van der Waals surface area contributed by atoms with Crippen LogP contribution >= 0.6 is 11.3 Å². The molecule has 14 heteroatoms. The van der Waals surface area contributed by atoms with Crippen LogP contribution in [0.4, 0.5) is 17.2 Å². The summed E-state index contributed by atoms with van der Waals surface area (Å²) in [6.07, 6.45) is 0. The van der Waals surface area contributed by atoms with E-state index in [2.05, 4.69) is 15.5 Å². The van der Waals surface area contributed by atoms with Gasteiger partial charge in [0.25, 0.3) is 15.8 Å². The van der Waals surface area contributed by atoms with Crippen molar-refractivity contribution in [3.63, 3.8) is 0 Å². The van der Waals surface area contributed by atoms with Crippen LogP contribution in [0.25, 0.3) is 0 Å². The molecule has 2 aromatic carbocycles. The molecule has 31 heavy (non-hydrogen) atoms. The van der Waals surface area contributed by atoms with Gasteiger partial charge in [-0.05, 0) is 18.2 Å². The van der Waals surface area contributed by atoms with Crippen LogP contribution in [0.5, 0.6) is 5.75 Å². The summed E-state index contributed by atoms with van der Waals surface area (Å²) in [7, 11) is -3.16. The molecule has 0 saturated carbocycles. The fourth-order valence-electron chi connectivity index (χ4n) is 2.88. The van der Waals surface area contributed by atoms with Gasteiger partial charge in [0.1, 0.15) is 10.6 Å². The van der Waals surface area contributed by atoms with E-state index in [1.807, 2.05) is 0 Å². The number of hydrogen-bond acceptors (Lipinski definition) is 11. The second-order valence-electron chi connectivity index (χ2n) is 6.09. The lowest BCUT2D eigenvalue weighted by Gasteiger charge is -2.26. The van der Waals surface area contributed by atoms with Crippen LogP contribution in [-0.4, -0.2) is 35.8 Å². The van der Waals surface area contributed by atoms with E-state index >= 15 is 0 Å². The van der Waals surface area contributed by atoms with Gasteiger partial charge in [-0.15, -0.1) is 21.6 Å². The fourth-order valence-corrected chi connectivity index (χ4v) is 4.09. The normalized spacial score (nSPS) is 13.7. The monoisotopic (exact) mass is 462 g/mol. The maximum Gasteiger partial charge on any atom is 0.295 e. The molecule has 0 saturated heterocycles. The zero-order chi connectivity index (χ0) is 22.2. The maximum atomic E-state index is 11.8. The van der Waals surface area contributed by atoms with Gasteiger partial charge in [0.05, 0.1) is 23.6 Å². The van der Waals surface area contributed by atoms with Gasteiger partial charge in [0, 0.05) is 17.0 Å². The number of methoxy groups -OCH3 is 1. The summed E-state index contributed by atoms with van der Waals surface area (Å²) in [4.78, 5) is 14.5. The van der Waals surface area contributed by atoms with Crippen molar-refractivity contribution in [2.45, 2.75) is 4.90 Å². The molecule has 160 valence electrons. The van der Waals surface area contributed by atoms with Gasteiger partial charge in [-0.3, -0.25) is 20.1 Å². The molecule has 0 spiro atoms. The number of anilines is 2. The second kappa shape index (κ2) is 7.82. The van der Waals surface area contributed by atoms with E-state index in [0.29, 0.717) is 11.5 Å². The topological polar surface area (TPSA) is 150 Å². The molecule has 4 rings (SSSR count). The van der Waals surface area contributed by atoms with E-state index in [9.17, 15) is 23.1 Å². The van der Waals surface area contributed by atoms with Gasteiger partial charge in [-0.2, -0.15) is 13.5 Å². The predicted molar refractivity (Wildman–Crippen MR) is 113 cm³/mol. The fraction of sp³-hybridized carbons (Fsp3) is 0.0588. The first kappa shape index (κ1) is 20.5. The van der Waals surface area contributed by atoms with Gasteiger partial charge < -0.3 is 4.74 Å². The molecule has 0 bridgehead atoms. The van der Waals surface area contributed by atoms with Gasteiger partial charge in [-0.25, -0.2) is 4.98 Å². The van der Waals surface area contributed by atoms with Crippen LogP contribution in [-0.2, 0) is 10.1 Å². The highest BCUT2D eigenvalue weighted by atomic mass is 32.2. The third-order valence-electron chi connectivity index (χ3n) is 4.24. The molecule has 0 amide bonds. The zero-order valence-corrected chi connectivity index (χ0v) is 17.4. The zero-order valence-electron chi connectivity index (χ0n) is 15.7. The Morgan fingerprint density at radius 3 is 2.68 bits per heavy atom. The molecule has 0 atom stereocenters. The van der Waals surface area contributed by atoms with Crippen LogP contribution < -0.4 is 20.4 Å². The van der Waals surface area contributed by atoms with Crippen molar-refractivity contribution in [2.75, 3.05) is 17.3 Å². The first-order valence-corrected chi connectivity index (χ1v) is 10.9. The highest BCUT2D eigenvalue weighted by Crippen LogP contribution is 2.36. The molecule has 0 radical (unpaired) electrons. The van der Waals surface area contributed by atoms with E-state index < -0.39 is 15.0 Å². The number of nitrogens with zero attached hydrogens (tertiary/aromatic N) is 5. The van der Waals surface area contributed by atoms with Crippen LogP contribution in [0.2, 0.25) is 0 Å². The van der Waals surface area contributed by atoms with E-state index in [1.165, 1.54) is 65.1 Å². The summed E-state index contributed by atoms with van der Waals surface area (Å²) in [6.45, 7) is 0. The molecule has 0 unspecified atom stereocenters. The highest BCUT2D eigenvalue weighted by Gasteiger charge is 2.32. The molecule has 1 aliphatic rings. The minimum absolute atomic E-state index is 0.0987. The Morgan fingerprint density at radius 1 is 1.26 bits per heavy atom. The van der Waals surface area contributed by atoms with Crippen molar-refractivity contribution in [3.8, 4) is 5.75 Å². The largest absolute Gasteiger partial charge is 0.494 e. The molecule has 1 aliphatic heterocycles. The summed E-state index contributed by atoms with van der Waals surface area (Å²) in [5.74, 6) is 0.680. The maximum absolute atomic E-state index is 11.8. The number of non-ortho nitro benzene ring substituents is 1. The Kier molecular flexibility index (Phi) is 5.18. The standard InChI is InChI=1S/C17H14N6O6S2/c1-29-14-8-11(23(24)25)6-7-13(14)21-19-17(20-22(21)16-9-30-10-18-16)12-4-2-3-5-15(12)31(26,27)28/h2-10H,1H3,(H,19,20)(H,26,27,28). The Balaban J connectivity index is 1.86. The van der Waals surface area contributed by atoms with Crippen molar-refractivity contribution in [1.82, 2.24) is 10.4 Å². The number of hydrazine groups is 2. The average Bonchev–Trinajstić information content (AvgIpc) is 3.42. The molecule has 2 heterocycles. The number of amidine groups is 1. The van der Waals surface area contributed by atoms with Crippen LogP contribution in [0, 0.1) is 10.1 Å². The van der Waals surface area contributed by atoms with E-state index in [1.54, 1.807) is 17.0 Å². The Hall–Kier alpha value is -3.75. The lowest BCUT2D eigenvalue weighted by Crippen LogP contribution is -2.45. The third-order valence-corrected chi connectivity index (χ3v) is 5.73. The third kappa shape index (κ3) is 3.86. The molecular weight excluding hydrogens is 448 g/mol. The number of nitro groups is 1. The number of hydrogen-bond donors (Lipinski definition) is 2. The van der Waals surface area contributed by atoms with Crippen LogP contribution in [0.1, 0.15) is 5.56 Å². The average molecular weight is 462 g/mol. The summed E-state index contributed by atoms with van der Waals surface area (Å²) >= 11 is 1.32. The molecular formula is C17H14N6O6S2. The number of rotatable bonds is 6. The van der Waals surface area contributed by atoms with Crippen molar-refractivity contribution in [1.29, 1.82) is 0 Å². The number of nitrogens with one attached hydrogen (secondary N) is 1. The molecule has 3 aromatic rings. The van der Waals surface area contributed by atoms with E-state index in [-0.39, 0.29) is 27.7 Å². The number of aromatic nitrogens is 1. The van der Waals surface area contributed by atoms with Crippen molar-refractivity contribution < 1.29 is 22.6 Å². The van der Waals surface area contributed by atoms with E-state index in [0.717, 1.165) is 0 Å². The van der Waals surface area contributed by atoms with Crippen molar-refractivity contribution in [2.24, 2.45) is 5.10 Å². The Labute approximate surface area is 179 Å². The molecule has 0 fully saturated rings. The number of nitro benzene ring substituents is 1. The molecule has 0 aliphatic carbocycles. The quantitative estimate of drug-likeness (QED) is 0.317. The second-order valence-corrected chi connectivity index (χ2v) is 8.20. The molecule has 2 N–H and O–H groups in total. The van der Waals surface area contributed by atoms with Crippen LogP contribution in [0.15, 0.2) is 63.4 Å². The number of benzene rings is 2. The predicted octanol–water partition coefficient (Wildman–Crippen LogP) is 2.41. The van der Waals surface area contributed by atoms with Gasteiger partial charge in [0.15, 0.2) is 17.4 Å². The highest BCUT2D eigenvalue weighted by molar-refractivity contribution is 7.86. The molecule has 12 nitrogen and oxygen atoms in total. The lowest BCUT2D eigenvalue weighted by molar-refractivity contribution is -0.384. The number of thiazole rings is 1. The Bertz CT molecular complexity index is 1280. The number of ether oxygens (including phenoxy) is 1. The first-order valence-electron chi connectivity index (χ1n) is 8.52. The van der Waals surface area contributed by atoms with Crippen molar-refractivity contribution >= 4 is 44.5 Å². The summed E-state index contributed by atoms with van der Waals surface area (Å²) in [6, 6.07) is 9.76. The Morgan fingerprint density at radius 2 is 2.03 bits per heavy atom. The summed E-state index contributed by atoms with van der Waals surface area (Å²) < 4.78 is 38.6. The SMILES string of the molecule is COc1cc([N+](=O)[O-])ccc1N1N=C(c2ccccc2S(=O)(=O)O)NN1c1cscn1. The van der Waals surface area contributed by atoms with Gasteiger partial charge in [0.2, 0.25) is 0 Å². The van der Waals surface area contributed by atoms with E-state index in [4.69, 9.17) is 4.74 Å². The number of hydrazone groups is 1. The minimum atomic E-state index is -4.52. The summed E-state index contributed by atoms with van der Waals surface area (Å²) in [5.41, 5.74) is 4.81. The van der Waals surface area contributed by atoms with Gasteiger partial charge in [-0.1, -0.05) is 12.1 Å². The smallest absolute Gasteiger partial charge is 0.295 e.